The van der Waals surface area contributed by atoms with Gasteiger partial charge in [0, 0.05) is 5.57 Å². The Balaban J connectivity index is 1.54. The summed E-state index contributed by atoms with van der Waals surface area (Å²) in [5.74, 6) is -0.290. The zero-order valence-electron chi connectivity index (χ0n) is 14.8. The van der Waals surface area contributed by atoms with Gasteiger partial charge in [0.05, 0.1) is 6.61 Å². The highest BCUT2D eigenvalue weighted by molar-refractivity contribution is 5.98. The Bertz CT molecular complexity index is 908. The van der Waals surface area contributed by atoms with Crippen LogP contribution in [0.15, 0.2) is 66.7 Å². The smallest absolute Gasteiger partial charge is 0.333 e. The van der Waals surface area contributed by atoms with Gasteiger partial charge in [-0.3, -0.25) is 0 Å². The first-order valence-corrected chi connectivity index (χ1v) is 8.87. The summed E-state index contributed by atoms with van der Waals surface area (Å²) < 4.78 is 5.12. The zero-order valence-corrected chi connectivity index (χ0v) is 14.8. The summed E-state index contributed by atoms with van der Waals surface area (Å²) in [6, 6.07) is 19.7. The highest BCUT2D eigenvalue weighted by Crippen LogP contribution is 2.24. The predicted octanol–water partition coefficient (Wildman–Crippen LogP) is 5.83. The molecule has 0 aliphatic rings. The first kappa shape index (κ1) is 17.2. The third kappa shape index (κ3) is 4.48. The molecule has 25 heavy (non-hydrogen) atoms. The molecule has 0 heterocycles. The van der Waals surface area contributed by atoms with Gasteiger partial charge in [-0.05, 0) is 71.8 Å². The van der Waals surface area contributed by atoms with Gasteiger partial charge in [0.1, 0.15) is 0 Å². The second kappa shape index (κ2) is 7.98. The molecule has 3 aromatic rings. The third-order valence-corrected chi connectivity index (χ3v) is 4.46. The van der Waals surface area contributed by atoms with Crippen LogP contribution in [-0.4, -0.2) is 12.6 Å². The lowest BCUT2D eigenvalue weighted by Gasteiger charge is -2.07. The Labute approximate surface area is 149 Å². The van der Waals surface area contributed by atoms with Crippen molar-refractivity contribution < 1.29 is 9.53 Å². The van der Waals surface area contributed by atoms with E-state index in [-0.39, 0.29) is 5.97 Å². The number of hydrogen-bond donors (Lipinski definition) is 0. The Morgan fingerprint density at radius 2 is 1.56 bits per heavy atom. The number of aryl methyl sites for hydroxylation is 1. The van der Waals surface area contributed by atoms with Gasteiger partial charge in [0.2, 0.25) is 0 Å². The summed E-state index contributed by atoms with van der Waals surface area (Å²) in [5, 5.41) is 5.15. The number of benzene rings is 3. The van der Waals surface area contributed by atoms with E-state index in [9.17, 15) is 4.79 Å². The maximum absolute atomic E-state index is 11.3. The highest BCUT2D eigenvalue weighted by atomic mass is 16.5. The number of esters is 1. The second-order valence-corrected chi connectivity index (χ2v) is 6.61. The maximum Gasteiger partial charge on any atom is 0.333 e. The number of rotatable bonds is 7. The van der Waals surface area contributed by atoms with Crippen LogP contribution < -0.4 is 0 Å². The molecule has 3 aromatic carbocycles. The van der Waals surface area contributed by atoms with Crippen molar-refractivity contribution in [1.82, 2.24) is 0 Å². The lowest BCUT2D eigenvalue weighted by atomic mass is 9.99. The Kier molecular flexibility index (Phi) is 5.49. The summed E-state index contributed by atoms with van der Waals surface area (Å²) in [6.07, 6.45) is 4.11. The van der Waals surface area contributed by atoms with E-state index in [1.807, 2.05) is 0 Å². The van der Waals surface area contributed by atoms with Crippen molar-refractivity contribution in [2.45, 2.75) is 32.6 Å². The molecule has 0 N–H and O–H groups in total. The van der Waals surface area contributed by atoms with E-state index in [1.54, 1.807) is 6.92 Å². The Morgan fingerprint density at radius 3 is 2.28 bits per heavy atom. The van der Waals surface area contributed by atoms with Crippen molar-refractivity contribution >= 4 is 27.5 Å². The number of unbranched alkanes of at least 4 members (excludes halogenated alkanes) is 2. The number of hydrogen-bond acceptors (Lipinski definition) is 2. The van der Waals surface area contributed by atoms with Gasteiger partial charge < -0.3 is 4.74 Å². The normalized spacial score (nSPS) is 10.9. The zero-order chi connectivity index (χ0) is 17.6. The standard InChI is InChI=1S/C23H24O2/c1-17(2)23(24)25-13-7-3-4-8-18-11-12-21-15-19-9-5-6-10-20(19)16-22(21)14-18/h5-6,9-12,14-16H,1,3-4,7-8,13H2,2H3. The van der Waals surface area contributed by atoms with Gasteiger partial charge in [0.25, 0.3) is 0 Å². The van der Waals surface area contributed by atoms with Crippen LogP contribution in [0.5, 0.6) is 0 Å². The topological polar surface area (TPSA) is 26.3 Å². The van der Waals surface area contributed by atoms with Gasteiger partial charge in [-0.2, -0.15) is 0 Å². The maximum atomic E-state index is 11.3. The van der Waals surface area contributed by atoms with Gasteiger partial charge in [0.15, 0.2) is 0 Å². The number of fused-ring (bicyclic) bond motifs is 2. The fourth-order valence-corrected chi connectivity index (χ4v) is 3.04. The molecule has 0 bridgehead atoms. The Hall–Kier alpha value is -2.61. The molecule has 128 valence electrons. The summed E-state index contributed by atoms with van der Waals surface area (Å²) in [5.41, 5.74) is 1.82. The van der Waals surface area contributed by atoms with Crippen molar-refractivity contribution in [2.24, 2.45) is 0 Å². The van der Waals surface area contributed by atoms with Crippen LogP contribution in [0.1, 0.15) is 31.7 Å². The van der Waals surface area contributed by atoms with Gasteiger partial charge in [-0.15, -0.1) is 0 Å². The average Bonchev–Trinajstić information content (AvgIpc) is 2.62. The molecule has 0 aliphatic carbocycles. The summed E-state index contributed by atoms with van der Waals surface area (Å²) in [6.45, 7) is 5.73. The predicted molar refractivity (Wildman–Crippen MR) is 105 cm³/mol. The average molecular weight is 332 g/mol. The van der Waals surface area contributed by atoms with Crippen LogP contribution in [-0.2, 0) is 16.0 Å². The molecule has 0 spiro atoms. The minimum absolute atomic E-state index is 0.290. The fraction of sp³-hybridized carbons (Fsp3) is 0.261. The molecule has 0 aliphatic heterocycles. The lowest BCUT2D eigenvalue weighted by Crippen LogP contribution is -2.06. The number of carbonyl (C=O) groups excluding carboxylic acids is 1. The van der Waals surface area contributed by atoms with E-state index in [2.05, 4.69) is 61.2 Å². The van der Waals surface area contributed by atoms with Crippen molar-refractivity contribution in [1.29, 1.82) is 0 Å². The molecule has 0 saturated carbocycles. The van der Waals surface area contributed by atoms with E-state index in [0.29, 0.717) is 12.2 Å². The van der Waals surface area contributed by atoms with Crippen molar-refractivity contribution in [3.8, 4) is 0 Å². The van der Waals surface area contributed by atoms with Crippen LogP contribution in [0.25, 0.3) is 21.5 Å². The molecule has 2 nitrogen and oxygen atoms in total. The summed E-state index contributed by atoms with van der Waals surface area (Å²) in [7, 11) is 0. The van der Waals surface area contributed by atoms with Crippen LogP contribution in [0, 0.1) is 0 Å². The quantitative estimate of drug-likeness (QED) is 0.236. The molecule has 0 saturated heterocycles. The fourth-order valence-electron chi connectivity index (χ4n) is 3.04. The molecule has 3 rings (SSSR count). The van der Waals surface area contributed by atoms with Crippen LogP contribution >= 0.6 is 0 Å². The van der Waals surface area contributed by atoms with E-state index in [1.165, 1.54) is 27.1 Å². The van der Waals surface area contributed by atoms with E-state index >= 15 is 0 Å². The van der Waals surface area contributed by atoms with Crippen molar-refractivity contribution in [3.63, 3.8) is 0 Å². The number of carbonyl (C=O) groups is 1. The van der Waals surface area contributed by atoms with Gasteiger partial charge in [-0.1, -0.05) is 49.0 Å². The third-order valence-electron chi connectivity index (χ3n) is 4.46. The van der Waals surface area contributed by atoms with Crippen LogP contribution in [0.4, 0.5) is 0 Å². The molecule has 0 atom stereocenters. The SMILES string of the molecule is C=C(C)C(=O)OCCCCCc1ccc2cc3ccccc3cc2c1. The molecule has 0 unspecified atom stereocenters. The van der Waals surface area contributed by atoms with E-state index < -0.39 is 0 Å². The minimum Gasteiger partial charge on any atom is -0.462 e. The van der Waals surface area contributed by atoms with Gasteiger partial charge >= 0.3 is 5.97 Å². The molecule has 0 aromatic heterocycles. The monoisotopic (exact) mass is 332 g/mol. The highest BCUT2D eigenvalue weighted by Gasteiger charge is 2.03. The first-order chi connectivity index (χ1) is 12.1. The molecule has 0 radical (unpaired) electrons. The van der Waals surface area contributed by atoms with Crippen molar-refractivity contribution in [3.05, 3.63) is 72.3 Å². The minimum atomic E-state index is -0.290. The largest absolute Gasteiger partial charge is 0.462 e. The van der Waals surface area contributed by atoms with Crippen molar-refractivity contribution in [2.75, 3.05) is 6.61 Å². The molecule has 0 amide bonds. The molecule has 2 heteroatoms. The van der Waals surface area contributed by atoms with Gasteiger partial charge in [-0.25, -0.2) is 4.79 Å². The summed E-state index contributed by atoms with van der Waals surface area (Å²) in [4.78, 5) is 11.3. The van der Waals surface area contributed by atoms with E-state index in [4.69, 9.17) is 4.74 Å². The summed E-state index contributed by atoms with van der Waals surface area (Å²) >= 11 is 0. The number of ether oxygens (including phenoxy) is 1. The first-order valence-electron chi connectivity index (χ1n) is 8.87. The second-order valence-electron chi connectivity index (χ2n) is 6.61. The van der Waals surface area contributed by atoms with Crippen LogP contribution in [0.3, 0.4) is 0 Å². The van der Waals surface area contributed by atoms with Crippen LogP contribution in [0.2, 0.25) is 0 Å². The molecular weight excluding hydrogens is 308 g/mol. The Morgan fingerprint density at radius 1 is 0.880 bits per heavy atom. The lowest BCUT2D eigenvalue weighted by molar-refractivity contribution is -0.139. The van der Waals surface area contributed by atoms with E-state index in [0.717, 1.165) is 25.7 Å². The molecule has 0 fully saturated rings. The molecular formula is C23H24O2.